The number of likely N-dealkylation sites (N-methyl/N-ethyl adjacent to an activating group) is 3. The summed E-state index contributed by atoms with van der Waals surface area (Å²) in [5.74, 6) is 0. The second-order valence-corrected chi connectivity index (χ2v) is 4.70. The lowest BCUT2D eigenvalue weighted by molar-refractivity contribution is 0.155. The van der Waals surface area contributed by atoms with Gasteiger partial charge in [0.05, 0.1) is 0 Å². The summed E-state index contributed by atoms with van der Waals surface area (Å²) in [6.45, 7) is 7.84. The van der Waals surface area contributed by atoms with Gasteiger partial charge in [0, 0.05) is 31.8 Å². The number of hydrogen-bond acceptors (Lipinski definition) is 4. The van der Waals surface area contributed by atoms with Gasteiger partial charge in [0.15, 0.2) is 0 Å². The Labute approximate surface area is 101 Å². The number of hydrogen-bond donors (Lipinski definition) is 2. The van der Waals surface area contributed by atoms with E-state index in [-0.39, 0.29) is 6.61 Å². The van der Waals surface area contributed by atoms with Crippen LogP contribution >= 0.6 is 0 Å². The Hall–Kier alpha value is -0.160. The number of aliphatic hydroxyl groups excluding tert-OH is 1. The second-order valence-electron chi connectivity index (χ2n) is 4.70. The summed E-state index contributed by atoms with van der Waals surface area (Å²) in [5.41, 5.74) is 0. The minimum atomic E-state index is 0.255. The van der Waals surface area contributed by atoms with Gasteiger partial charge in [-0.05, 0) is 41.0 Å². The maximum Gasteiger partial charge on any atom is 0.0446 e. The molecule has 0 fully saturated rings. The monoisotopic (exact) mass is 231 g/mol. The molecule has 2 unspecified atom stereocenters. The van der Waals surface area contributed by atoms with Crippen LogP contribution in [-0.4, -0.2) is 74.4 Å². The fourth-order valence-electron chi connectivity index (χ4n) is 2.03. The normalized spacial score (nSPS) is 15.8. The van der Waals surface area contributed by atoms with Gasteiger partial charge in [-0.1, -0.05) is 6.92 Å². The van der Waals surface area contributed by atoms with E-state index in [9.17, 15) is 0 Å². The molecule has 0 rings (SSSR count). The highest BCUT2D eigenvalue weighted by Gasteiger charge is 2.16. The highest BCUT2D eigenvalue weighted by atomic mass is 16.3. The Bertz CT molecular complexity index is 164. The predicted molar refractivity (Wildman–Crippen MR) is 69.8 cm³/mol. The van der Waals surface area contributed by atoms with E-state index in [2.05, 4.69) is 43.1 Å². The van der Waals surface area contributed by atoms with Crippen LogP contribution in [-0.2, 0) is 0 Å². The van der Waals surface area contributed by atoms with Crippen molar-refractivity contribution in [2.24, 2.45) is 0 Å². The molecule has 4 nitrogen and oxygen atoms in total. The Morgan fingerprint density at radius 3 is 2.25 bits per heavy atom. The molecule has 0 aliphatic heterocycles. The molecule has 0 aromatic rings. The lowest BCUT2D eigenvalue weighted by Gasteiger charge is -2.32. The highest BCUT2D eigenvalue weighted by molar-refractivity contribution is 4.75. The summed E-state index contributed by atoms with van der Waals surface area (Å²) < 4.78 is 0. The molecule has 2 atom stereocenters. The molecular formula is C12H29N3O. The van der Waals surface area contributed by atoms with Gasteiger partial charge in [-0.25, -0.2) is 0 Å². The Morgan fingerprint density at radius 2 is 1.88 bits per heavy atom. The van der Waals surface area contributed by atoms with Crippen molar-refractivity contribution in [2.75, 3.05) is 47.4 Å². The van der Waals surface area contributed by atoms with E-state index in [1.54, 1.807) is 0 Å². The minimum absolute atomic E-state index is 0.255. The van der Waals surface area contributed by atoms with Gasteiger partial charge in [-0.15, -0.1) is 0 Å². The second kappa shape index (κ2) is 8.93. The third kappa shape index (κ3) is 6.43. The molecule has 0 spiro atoms. The summed E-state index contributed by atoms with van der Waals surface area (Å²) >= 11 is 0. The van der Waals surface area contributed by atoms with Gasteiger partial charge < -0.3 is 15.3 Å². The Kier molecular flexibility index (Phi) is 8.84. The van der Waals surface area contributed by atoms with Crippen molar-refractivity contribution in [1.29, 1.82) is 0 Å². The number of aliphatic hydroxyl groups is 1. The van der Waals surface area contributed by atoms with Crippen LogP contribution in [0.4, 0.5) is 0 Å². The largest absolute Gasteiger partial charge is 0.396 e. The average Bonchev–Trinajstić information content (AvgIpc) is 2.22. The van der Waals surface area contributed by atoms with E-state index in [4.69, 9.17) is 5.11 Å². The van der Waals surface area contributed by atoms with Gasteiger partial charge in [-0.2, -0.15) is 0 Å². The lowest BCUT2D eigenvalue weighted by Crippen LogP contribution is -2.47. The van der Waals surface area contributed by atoms with Crippen molar-refractivity contribution in [1.82, 2.24) is 15.1 Å². The maximum atomic E-state index is 8.97. The molecule has 0 amide bonds. The van der Waals surface area contributed by atoms with E-state index in [1.165, 1.54) is 0 Å². The quantitative estimate of drug-likeness (QED) is 0.596. The average molecular weight is 231 g/mol. The molecule has 0 aromatic heterocycles. The fourth-order valence-corrected chi connectivity index (χ4v) is 2.03. The molecule has 0 aromatic carbocycles. The van der Waals surface area contributed by atoms with Crippen molar-refractivity contribution in [3.05, 3.63) is 0 Å². The van der Waals surface area contributed by atoms with Crippen LogP contribution in [0.25, 0.3) is 0 Å². The zero-order valence-electron chi connectivity index (χ0n) is 11.5. The zero-order chi connectivity index (χ0) is 12.6. The van der Waals surface area contributed by atoms with E-state index < -0.39 is 0 Å². The first kappa shape index (κ1) is 15.8. The molecule has 0 aliphatic rings. The van der Waals surface area contributed by atoms with Crippen LogP contribution in [0, 0.1) is 0 Å². The van der Waals surface area contributed by atoms with Crippen LogP contribution in [0.3, 0.4) is 0 Å². The van der Waals surface area contributed by atoms with Crippen molar-refractivity contribution in [3.63, 3.8) is 0 Å². The molecule has 2 N–H and O–H groups in total. The predicted octanol–water partition coefficient (Wildman–Crippen LogP) is 0.229. The third-order valence-corrected chi connectivity index (χ3v) is 3.00. The van der Waals surface area contributed by atoms with E-state index >= 15 is 0 Å². The van der Waals surface area contributed by atoms with Gasteiger partial charge in [0.1, 0.15) is 0 Å². The summed E-state index contributed by atoms with van der Waals surface area (Å²) in [6, 6.07) is 0.934. The van der Waals surface area contributed by atoms with Crippen LogP contribution in [0.2, 0.25) is 0 Å². The number of nitrogens with zero attached hydrogens (tertiary/aromatic N) is 2. The van der Waals surface area contributed by atoms with Crippen LogP contribution in [0.15, 0.2) is 0 Å². The highest BCUT2D eigenvalue weighted by Crippen LogP contribution is 2.03. The summed E-state index contributed by atoms with van der Waals surface area (Å²) in [6.07, 6.45) is 0.821. The summed E-state index contributed by atoms with van der Waals surface area (Å²) in [5, 5.41) is 12.2. The molecule has 0 heterocycles. The SMILES string of the molecule is CCN(CC(CCO)NC)C(C)CN(C)C. The van der Waals surface area contributed by atoms with Crippen molar-refractivity contribution < 1.29 is 5.11 Å². The molecular weight excluding hydrogens is 202 g/mol. The third-order valence-electron chi connectivity index (χ3n) is 3.00. The minimum Gasteiger partial charge on any atom is -0.396 e. The first-order chi connectivity index (χ1) is 7.54. The first-order valence-corrected chi connectivity index (χ1v) is 6.22. The standard InChI is InChI=1S/C12H29N3O/c1-6-15(11(2)9-14(4)5)10-12(13-3)7-8-16/h11-13,16H,6-10H2,1-5H3. The van der Waals surface area contributed by atoms with Crippen LogP contribution < -0.4 is 5.32 Å². The van der Waals surface area contributed by atoms with Gasteiger partial charge in [0.25, 0.3) is 0 Å². The van der Waals surface area contributed by atoms with Gasteiger partial charge in [0.2, 0.25) is 0 Å². The van der Waals surface area contributed by atoms with Crippen molar-refractivity contribution >= 4 is 0 Å². The van der Waals surface area contributed by atoms with Gasteiger partial charge >= 0.3 is 0 Å². The Balaban J connectivity index is 4.14. The zero-order valence-corrected chi connectivity index (χ0v) is 11.5. The topological polar surface area (TPSA) is 38.7 Å². The smallest absolute Gasteiger partial charge is 0.0446 e. The molecule has 98 valence electrons. The summed E-state index contributed by atoms with van der Waals surface area (Å²) in [4.78, 5) is 4.67. The first-order valence-electron chi connectivity index (χ1n) is 6.22. The lowest BCUT2D eigenvalue weighted by atomic mass is 10.1. The molecule has 0 saturated heterocycles. The van der Waals surface area contributed by atoms with Gasteiger partial charge in [-0.3, -0.25) is 4.90 Å². The number of nitrogens with one attached hydrogen (secondary N) is 1. The van der Waals surface area contributed by atoms with Crippen LogP contribution in [0.5, 0.6) is 0 Å². The fraction of sp³-hybridized carbons (Fsp3) is 1.00. The molecule has 0 radical (unpaired) electrons. The van der Waals surface area contributed by atoms with E-state index in [0.29, 0.717) is 12.1 Å². The maximum absolute atomic E-state index is 8.97. The molecule has 0 bridgehead atoms. The van der Waals surface area contributed by atoms with Crippen LogP contribution in [0.1, 0.15) is 20.3 Å². The molecule has 0 aliphatic carbocycles. The molecule has 16 heavy (non-hydrogen) atoms. The summed E-state index contributed by atoms with van der Waals surface area (Å²) in [7, 11) is 6.17. The van der Waals surface area contributed by atoms with Crippen molar-refractivity contribution in [2.45, 2.75) is 32.4 Å². The molecule has 0 saturated carbocycles. The van der Waals surface area contributed by atoms with E-state index in [1.807, 2.05) is 7.05 Å². The van der Waals surface area contributed by atoms with E-state index in [0.717, 1.165) is 26.1 Å². The van der Waals surface area contributed by atoms with Crippen molar-refractivity contribution in [3.8, 4) is 0 Å². The number of rotatable bonds is 9. The molecule has 4 heteroatoms. The Morgan fingerprint density at radius 1 is 1.25 bits per heavy atom.